The zero-order chi connectivity index (χ0) is 14.0. The largest absolute Gasteiger partial charge is 0.357 e. The highest BCUT2D eigenvalue weighted by Crippen LogP contribution is 2.24. The quantitative estimate of drug-likeness (QED) is 0.827. The molecule has 0 aromatic carbocycles. The number of nitrogens with two attached hydrogens (primary N) is 1. The lowest BCUT2D eigenvalue weighted by molar-refractivity contribution is -0.129. The fourth-order valence-electron chi connectivity index (χ4n) is 1.96. The first kappa shape index (κ1) is 14.2. The normalized spacial score (nSPS) is 19.7. The van der Waals surface area contributed by atoms with Crippen molar-refractivity contribution in [1.29, 1.82) is 0 Å². The number of amides is 1. The predicted octanol–water partition coefficient (Wildman–Crippen LogP) is 0.213. The Balaban J connectivity index is 1.96. The number of rotatable bonds is 4. The zero-order valence-corrected chi connectivity index (χ0v) is 12.1. The van der Waals surface area contributed by atoms with Crippen molar-refractivity contribution in [2.24, 2.45) is 5.14 Å². The summed E-state index contributed by atoms with van der Waals surface area (Å²) in [5.41, 5.74) is 0. The molecule has 1 aliphatic heterocycles. The summed E-state index contributed by atoms with van der Waals surface area (Å²) in [6, 6.07) is 0.106. The first-order valence-corrected chi connectivity index (χ1v) is 8.29. The Hall–Kier alpha value is -1.19. The Morgan fingerprint density at radius 2 is 2.42 bits per heavy atom. The second kappa shape index (κ2) is 5.43. The van der Waals surface area contributed by atoms with E-state index >= 15 is 0 Å². The van der Waals surface area contributed by atoms with Gasteiger partial charge in [-0.1, -0.05) is 18.3 Å². The van der Waals surface area contributed by atoms with Crippen LogP contribution in [0.5, 0.6) is 0 Å². The van der Waals surface area contributed by atoms with E-state index < -0.39 is 10.0 Å². The van der Waals surface area contributed by atoms with E-state index in [0.717, 1.165) is 24.3 Å². The Bertz CT molecular complexity index is 569. The first-order chi connectivity index (χ1) is 8.90. The van der Waals surface area contributed by atoms with E-state index in [2.05, 4.69) is 10.3 Å². The fourth-order valence-corrected chi connectivity index (χ4v) is 3.49. The van der Waals surface area contributed by atoms with Crippen LogP contribution in [0.15, 0.2) is 10.4 Å². The molecule has 1 atom stereocenters. The maximum Gasteiger partial charge on any atom is 0.249 e. The molecule has 0 radical (unpaired) electrons. The molecule has 106 valence electrons. The topological polar surface area (TPSA) is 105 Å². The summed E-state index contributed by atoms with van der Waals surface area (Å²) in [5.74, 6) is 0.133. The van der Waals surface area contributed by atoms with Gasteiger partial charge in [0.1, 0.15) is 0 Å². The number of nitrogens with one attached hydrogen (secondary N) is 1. The molecule has 1 aromatic heterocycles. The molecule has 2 rings (SSSR count). The highest BCUT2D eigenvalue weighted by atomic mass is 32.2. The van der Waals surface area contributed by atoms with E-state index in [9.17, 15) is 13.2 Å². The SMILES string of the molecule is CCC(=O)N1CCC(Nc2ncc(S(N)(=O)=O)s2)C1. The standard InChI is InChI=1S/C10H16N4O3S2/c1-2-8(15)14-4-3-7(6-14)13-10-12-5-9(18-10)19(11,16)17/h5,7H,2-4,6H2,1H3,(H,12,13)(H2,11,16,17). The molecular formula is C10H16N4O3S2. The minimum atomic E-state index is -3.69. The van der Waals surface area contributed by atoms with E-state index in [1.165, 1.54) is 6.20 Å². The third-order valence-electron chi connectivity index (χ3n) is 2.94. The Kier molecular flexibility index (Phi) is 4.07. The number of thiazole rings is 1. The van der Waals surface area contributed by atoms with Crippen LogP contribution in [0.1, 0.15) is 19.8 Å². The van der Waals surface area contributed by atoms with Gasteiger partial charge in [0.2, 0.25) is 15.9 Å². The minimum Gasteiger partial charge on any atom is -0.357 e. The molecule has 1 unspecified atom stereocenters. The molecule has 2 heterocycles. The fraction of sp³-hybridized carbons (Fsp3) is 0.600. The monoisotopic (exact) mass is 304 g/mol. The molecule has 0 spiro atoms. The summed E-state index contributed by atoms with van der Waals surface area (Å²) < 4.78 is 22.3. The second-order valence-electron chi connectivity index (χ2n) is 4.35. The van der Waals surface area contributed by atoms with Gasteiger partial charge < -0.3 is 10.2 Å². The number of aromatic nitrogens is 1. The van der Waals surface area contributed by atoms with Crippen molar-refractivity contribution in [2.75, 3.05) is 18.4 Å². The lowest BCUT2D eigenvalue weighted by Crippen LogP contribution is -2.30. The average molecular weight is 304 g/mol. The summed E-state index contributed by atoms with van der Waals surface area (Å²) in [5, 5.41) is 8.67. The summed E-state index contributed by atoms with van der Waals surface area (Å²) in [6.07, 6.45) is 2.57. The van der Waals surface area contributed by atoms with Crippen molar-refractivity contribution >= 4 is 32.4 Å². The summed E-state index contributed by atoms with van der Waals surface area (Å²) in [7, 11) is -3.69. The van der Waals surface area contributed by atoms with Gasteiger partial charge in [-0.3, -0.25) is 4.79 Å². The number of nitrogens with zero attached hydrogens (tertiary/aromatic N) is 2. The van der Waals surface area contributed by atoms with Crippen molar-refractivity contribution in [3.05, 3.63) is 6.20 Å². The summed E-state index contributed by atoms with van der Waals surface area (Å²) in [4.78, 5) is 17.3. The Morgan fingerprint density at radius 1 is 1.68 bits per heavy atom. The van der Waals surface area contributed by atoms with Crippen molar-refractivity contribution in [1.82, 2.24) is 9.88 Å². The lowest BCUT2D eigenvalue weighted by atomic mass is 10.3. The highest BCUT2D eigenvalue weighted by molar-refractivity contribution is 7.91. The highest BCUT2D eigenvalue weighted by Gasteiger charge is 2.26. The molecule has 7 nitrogen and oxygen atoms in total. The average Bonchev–Trinajstić information content (AvgIpc) is 2.97. The van der Waals surface area contributed by atoms with Crippen LogP contribution in [0, 0.1) is 0 Å². The molecule has 9 heteroatoms. The van der Waals surface area contributed by atoms with Crippen molar-refractivity contribution in [3.8, 4) is 0 Å². The molecule has 0 saturated carbocycles. The van der Waals surface area contributed by atoms with Gasteiger partial charge in [0.05, 0.1) is 6.20 Å². The van der Waals surface area contributed by atoms with Gasteiger partial charge in [-0.05, 0) is 6.42 Å². The molecule has 1 saturated heterocycles. The van der Waals surface area contributed by atoms with Crippen LogP contribution in [0.2, 0.25) is 0 Å². The molecule has 0 bridgehead atoms. The predicted molar refractivity (Wildman–Crippen MR) is 72.4 cm³/mol. The number of likely N-dealkylation sites (tertiary alicyclic amines) is 1. The molecule has 1 aliphatic rings. The molecule has 1 aromatic rings. The number of hydrogen-bond donors (Lipinski definition) is 2. The van der Waals surface area contributed by atoms with E-state index in [4.69, 9.17) is 5.14 Å². The summed E-state index contributed by atoms with van der Waals surface area (Å²) in [6.45, 7) is 3.18. The van der Waals surface area contributed by atoms with Crippen LogP contribution in [-0.2, 0) is 14.8 Å². The van der Waals surface area contributed by atoms with E-state index in [-0.39, 0.29) is 16.2 Å². The molecular weight excluding hydrogens is 288 g/mol. The number of carbonyl (C=O) groups is 1. The van der Waals surface area contributed by atoms with Crippen LogP contribution in [0.4, 0.5) is 5.13 Å². The maximum atomic E-state index is 11.5. The zero-order valence-electron chi connectivity index (χ0n) is 10.5. The van der Waals surface area contributed by atoms with Gasteiger partial charge in [0, 0.05) is 25.6 Å². The van der Waals surface area contributed by atoms with Gasteiger partial charge >= 0.3 is 0 Å². The van der Waals surface area contributed by atoms with Gasteiger partial charge in [0.25, 0.3) is 0 Å². The van der Waals surface area contributed by atoms with Gasteiger partial charge in [-0.25, -0.2) is 18.5 Å². The second-order valence-corrected chi connectivity index (χ2v) is 7.17. The van der Waals surface area contributed by atoms with Crippen molar-refractivity contribution in [3.63, 3.8) is 0 Å². The Labute approximate surface area is 115 Å². The van der Waals surface area contributed by atoms with Gasteiger partial charge in [-0.15, -0.1) is 0 Å². The number of carbonyl (C=O) groups excluding carboxylic acids is 1. The molecule has 1 amide bonds. The number of anilines is 1. The van der Waals surface area contributed by atoms with Crippen LogP contribution in [0.3, 0.4) is 0 Å². The number of sulfonamides is 1. The number of primary sulfonamides is 1. The Morgan fingerprint density at radius 3 is 3.00 bits per heavy atom. The van der Waals surface area contributed by atoms with E-state index in [1.54, 1.807) is 4.90 Å². The van der Waals surface area contributed by atoms with Crippen LogP contribution >= 0.6 is 11.3 Å². The smallest absolute Gasteiger partial charge is 0.249 e. The number of hydrogen-bond acceptors (Lipinski definition) is 6. The molecule has 1 fully saturated rings. The van der Waals surface area contributed by atoms with Crippen molar-refractivity contribution in [2.45, 2.75) is 30.0 Å². The van der Waals surface area contributed by atoms with Crippen LogP contribution in [0.25, 0.3) is 0 Å². The maximum absolute atomic E-state index is 11.5. The molecule has 19 heavy (non-hydrogen) atoms. The van der Waals surface area contributed by atoms with Crippen LogP contribution < -0.4 is 10.5 Å². The minimum absolute atomic E-state index is 0.0366. The third kappa shape index (κ3) is 3.43. The van der Waals surface area contributed by atoms with Gasteiger partial charge in [-0.2, -0.15) is 0 Å². The molecule has 0 aliphatic carbocycles. The van der Waals surface area contributed by atoms with E-state index in [1.807, 2.05) is 6.92 Å². The lowest BCUT2D eigenvalue weighted by Gasteiger charge is -2.15. The third-order valence-corrected chi connectivity index (χ3v) is 5.27. The molecule has 3 N–H and O–H groups in total. The van der Waals surface area contributed by atoms with Crippen molar-refractivity contribution < 1.29 is 13.2 Å². The van der Waals surface area contributed by atoms with Crippen LogP contribution in [-0.4, -0.2) is 43.3 Å². The van der Waals surface area contributed by atoms with E-state index in [0.29, 0.717) is 18.1 Å². The first-order valence-electron chi connectivity index (χ1n) is 5.93. The summed E-state index contributed by atoms with van der Waals surface area (Å²) >= 11 is 1.00. The van der Waals surface area contributed by atoms with Gasteiger partial charge in [0.15, 0.2) is 9.34 Å².